The molecule has 2 rings (SSSR count). The van der Waals surface area contributed by atoms with Crippen molar-refractivity contribution in [2.24, 2.45) is 5.73 Å². The summed E-state index contributed by atoms with van der Waals surface area (Å²) in [6.07, 6.45) is 2.25. The number of rotatable bonds is 2. The summed E-state index contributed by atoms with van der Waals surface area (Å²) < 4.78 is 0. The predicted octanol–water partition coefficient (Wildman–Crippen LogP) is 2.59. The molecule has 1 fully saturated rings. The minimum Gasteiger partial charge on any atom is -0.325 e. The van der Waals surface area contributed by atoms with Crippen molar-refractivity contribution >= 4 is 0 Å². The molecule has 0 saturated heterocycles. The third-order valence-corrected chi connectivity index (χ3v) is 3.26. The summed E-state index contributed by atoms with van der Waals surface area (Å²) in [5, 5.41) is 0. The van der Waals surface area contributed by atoms with Crippen LogP contribution >= 0.6 is 0 Å². The molecule has 1 aromatic rings. The Kier molecular flexibility index (Phi) is 1.92. The summed E-state index contributed by atoms with van der Waals surface area (Å²) in [6, 6.07) is 8.77. The van der Waals surface area contributed by atoms with Gasteiger partial charge >= 0.3 is 0 Å². The van der Waals surface area contributed by atoms with E-state index in [2.05, 4.69) is 38.1 Å². The molecule has 1 aliphatic rings. The second-order valence-corrected chi connectivity index (χ2v) is 4.25. The molecule has 0 spiro atoms. The summed E-state index contributed by atoms with van der Waals surface area (Å²) in [6.45, 7) is 4.29. The molecule has 0 heterocycles. The number of aryl methyl sites for hydroxylation is 1. The minimum absolute atomic E-state index is 0.106. The van der Waals surface area contributed by atoms with Crippen LogP contribution in [0.3, 0.4) is 0 Å². The van der Waals surface area contributed by atoms with E-state index in [1.807, 2.05) is 0 Å². The van der Waals surface area contributed by atoms with Crippen molar-refractivity contribution in [1.82, 2.24) is 0 Å². The van der Waals surface area contributed by atoms with Crippen molar-refractivity contribution in [1.29, 1.82) is 0 Å². The zero-order chi connectivity index (χ0) is 9.47. The molecule has 1 heteroatoms. The Morgan fingerprint density at radius 3 is 2.46 bits per heavy atom. The fourth-order valence-corrected chi connectivity index (χ4v) is 1.96. The quantitative estimate of drug-likeness (QED) is 0.734. The van der Waals surface area contributed by atoms with Crippen LogP contribution in [0.25, 0.3) is 0 Å². The highest BCUT2D eigenvalue weighted by Gasteiger charge is 2.49. The first-order valence-electron chi connectivity index (χ1n) is 5.01. The van der Waals surface area contributed by atoms with Gasteiger partial charge in [-0.25, -0.2) is 0 Å². The topological polar surface area (TPSA) is 26.0 Å². The summed E-state index contributed by atoms with van der Waals surface area (Å²) in [7, 11) is 0. The third kappa shape index (κ3) is 1.49. The van der Waals surface area contributed by atoms with Crippen LogP contribution in [0.2, 0.25) is 0 Å². The molecule has 1 nitrogen and oxygen atoms in total. The van der Waals surface area contributed by atoms with Crippen LogP contribution in [0.5, 0.6) is 0 Å². The van der Waals surface area contributed by atoms with Crippen molar-refractivity contribution in [2.45, 2.75) is 38.1 Å². The van der Waals surface area contributed by atoms with Gasteiger partial charge in [0.1, 0.15) is 0 Å². The molecule has 0 radical (unpaired) electrons. The molecular weight excluding hydrogens is 158 g/mol. The van der Waals surface area contributed by atoms with Gasteiger partial charge in [0.15, 0.2) is 0 Å². The average Bonchev–Trinajstić information content (AvgIpc) is 2.81. The van der Waals surface area contributed by atoms with Crippen LogP contribution in [-0.2, 0) is 0 Å². The normalized spacial score (nSPS) is 31.8. The Morgan fingerprint density at radius 1 is 1.38 bits per heavy atom. The Balaban J connectivity index is 2.16. The molecule has 1 aliphatic carbocycles. The number of nitrogens with two attached hydrogens (primary N) is 1. The monoisotopic (exact) mass is 175 g/mol. The summed E-state index contributed by atoms with van der Waals surface area (Å²) in [5.41, 5.74) is 9.00. The minimum atomic E-state index is 0.106. The van der Waals surface area contributed by atoms with Gasteiger partial charge in [0, 0.05) is 11.5 Å². The highest BCUT2D eigenvalue weighted by molar-refractivity contribution is 5.34. The van der Waals surface area contributed by atoms with Gasteiger partial charge in [-0.1, -0.05) is 36.8 Å². The van der Waals surface area contributed by atoms with Gasteiger partial charge in [-0.15, -0.1) is 0 Å². The predicted molar refractivity (Wildman–Crippen MR) is 55.7 cm³/mol. The maximum absolute atomic E-state index is 6.16. The molecule has 0 unspecified atom stereocenters. The van der Waals surface area contributed by atoms with Crippen LogP contribution < -0.4 is 5.73 Å². The third-order valence-electron chi connectivity index (χ3n) is 3.26. The van der Waals surface area contributed by atoms with Crippen molar-refractivity contribution in [3.63, 3.8) is 0 Å². The largest absolute Gasteiger partial charge is 0.325 e. The first-order chi connectivity index (χ1) is 6.15. The number of hydrogen-bond acceptors (Lipinski definition) is 1. The van der Waals surface area contributed by atoms with Gasteiger partial charge in [0.05, 0.1) is 0 Å². The first-order valence-corrected chi connectivity index (χ1v) is 5.01. The number of hydrogen-bond donors (Lipinski definition) is 1. The lowest BCUT2D eigenvalue weighted by molar-refractivity contribution is 0.626. The van der Waals surface area contributed by atoms with Crippen LogP contribution in [0, 0.1) is 6.92 Å². The lowest BCUT2D eigenvalue weighted by atomic mass is 10.0. The van der Waals surface area contributed by atoms with Gasteiger partial charge in [0.25, 0.3) is 0 Å². The van der Waals surface area contributed by atoms with Gasteiger partial charge in [-0.3, -0.25) is 0 Å². The highest BCUT2D eigenvalue weighted by atomic mass is 14.9. The van der Waals surface area contributed by atoms with Crippen molar-refractivity contribution in [3.8, 4) is 0 Å². The Hall–Kier alpha value is -0.820. The van der Waals surface area contributed by atoms with E-state index in [1.165, 1.54) is 11.1 Å². The molecule has 1 saturated carbocycles. The van der Waals surface area contributed by atoms with Crippen molar-refractivity contribution in [3.05, 3.63) is 35.4 Å². The van der Waals surface area contributed by atoms with Gasteiger partial charge in [-0.2, -0.15) is 0 Å². The summed E-state index contributed by atoms with van der Waals surface area (Å²) in [5.74, 6) is 0.609. The van der Waals surface area contributed by atoms with Gasteiger partial charge in [0.2, 0.25) is 0 Å². The van der Waals surface area contributed by atoms with Crippen LogP contribution in [-0.4, -0.2) is 5.54 Å². The molecule has 0 bridgehead atoms. The molecule has 2 atom stereocenters. The molecule has 1 aromatic carbocycles. The molecule has 70 valence electrons. The SMILES string of the molecule is CC[C@@]1(N)C[C@H]1c1ccc(C)cc1. The van der Waals surface area contributed by atoms with E-state index in [4.69, 9.17) is 5.73 Å². The van der Waals surface area contributed by atoms with Crippen LogP contribution in [0.1, 0.15) is 36.8 Å². The maximum atomic E-state index is 6.16. The Bertz CT molecular complexity index is 301. The molecular formula is C12H17N. The van der Waals surface area contributed by atoms with Crippen LogP contribution in [0.15, 0.2) is 24.3 Å². The summed E-state index contributed by atoms with van der Waals surface area (Å²) in [4.78, 5) is 0. The van der Waals surface area contributed by atoms with Crippen LogP contribution in [0.4, 0.5) is 0 Å². The fourth-order valence-electron chi connectivity index (χ4n) is 1.96. The highest BCUT2D eigenvalue weighted by Crippen LogP contribution is 2.51. The van der Waals surface area contributed by atoms with E-state index in [9.17, 15) is 0 Å². The standard InChI is InChI=1S/C12H17N/c1-3-12(13)8-11(12)10-6-4-9(2)5-7-10/h4-7,11H,3,8,13H2,1-2H3/t11-,12+/m0/s1. The maximum Gasteiger partial charge on any atom is 0.0228 e. The Morgan fingerprint density at radius 2 is 2.00 bits per heavy atom. The molecule has 13 heavy (non-hydrogen) atoms. The molecule has 0 aromatic heterocycles. The second kappa shape index (κ2) is 2.85. The van der Waals surface area contributed by atoms with E-state index in [-0.39, 0.29) is 5.54 Å². The molecule has 2 N–H and O–H groups in total. The van der Waals surface area contributed by atoms with Gasteiger partial charge < -0.3 is 5.73 Å². The average molecular weight is 175 g/mol. The molecule has 0 aliphatic heterocycles. The second-order valence-electron chi connectivity index (χ2n) is 4.25. The number of benzene rings is 1. The van der Waals surface area contributed by atoms with Gasteiger partial charge in [-0.05, 0) is 25.3 Å². The summed E-state index contributed by atoms with van der Waals surface area (Å²) >= 11 is 0. The Labute approximate surface area is 80.0 Å². The van der Waals surface area contributed by atoms with E-state index >= 15 is 0 Å². The lowest BCUT2D eigenvalue weighted by Gasteiger charge is -2.07. The van der Waals surface area contributed by atoms with Crippen molar-refractivity contribution < 1.29 is 0 Å². The smallest absolute Gasteiger partial charge is 0.0228 e. The zero-order valence-corrected chi connectivity index (χ0v) is 8.38. The van der Waals surface area contributed by atoms with Crippen molar-refractivity contribution in [2.75, 3.05) is 0 Å². The fraction of sp³-hybridized carbons (Fsp3) is 0.500. The zero-order valence-electron chi connectivity index (χ0n) is 8.38. The van der Waals surface area contributed by atoms with E-state index in [0.717, 1.165) is 12.8 Å². The van der Waals surface area contributed by atoms with E-state index < -0.39 is 0 Å². The molecule has 0 amide bonds. The van der Waals surface area contributed by atoms with E-state index in [1.54, 1.807) is 0 Å². The first kappa shape index (κ1) is 8.76. The lowest BCUT2D eigenvalue weighted by Crippen LogP contribution is -2.22. The van der Waals surface area contributed by atoms with E-state index in [0.29, 0.717) is 5.92 Å².